The zero-order chi connectivity index (χ0) is 13.1. The molecule has 0 heterocycles. The first-order valence-corrected chi connectivity index (χ1v) is 6.07. The molecule has 2 N–H and O–H groups in total. The number of hydrogen-bond acceptors (Lipinski definition) is 2. The molecule has 0 aliphatic carbocycles. The topological polar surface area (TPSA) is 35.2 Å². The van der Waals surface area contributed by atoms with Gasteiger partial charge in [0.15, 0.2) is 0 Å². The highest BCUT2D eigenvalue weighted by Gasteiger charge is 2.34. The summed E-state index contributed by atoms with van der Waals surface area (Å²) < 4.78 is 19.1. The molecule has 1 aromatic carbocycles. The van der Waals surface area contributed by atoms with E-state index < -0.39 is 5.60 Å². The molecule has 1 unspecified atom stereocenters. The Morgan fingerprint density at radius 2 is 1.94 bits per heavy atom. The van der Waals surface area contributed by atoms with E-state index in [1.54, 1.807) is 20.1 Å². The van der Waals surface area contributed by atoms with Gasteiger partial charge in [0.25, 0.3) is 0 Å². The lowest BCUT2D eigenvalue weighted by atomic mass is 9.84. The fraction of sp³-hybridized carbons (Fsp3) is 0.571. The predicted molar refractivity (Wildman–Crippen MR) is 68.4 cm³/mol. The van der Waals surface area contributed by atoms with Gasteiger partial charge < -0.3 is 10.5 Å². The van der Waals surface area contributed by atoms with Crippen LogP contribution in [0, 0.1) is 12.7 Å². The minimum absolute atomic E-state index is 0.213. The molecule has 0 aliphatic rings. The Balaban J connectivity index is 3.09. The third-order valence-corrected chi connectivity index (χ3v) is 3.73. The molecule has 0 radical (unpaired) electrons. The Bertz CT molecular complexity index is 366. The van der Waals surface area contributed by atoms with Crippen LogP contribution < -0.4 is 5.73 Å². The van der Waals surface area contributed by atoms with Gasteiger partial charge in [0.1, 0.15) is 5.82 Å². The second-order valence-electron chi connectivity index (χ2n) is 4.46. The smallest absolute Gasteiger partial charge is 0.126 e. The molecule has 96 valence electrons. The van der Waals surface area contributed by atoms with Crippen molar-refractivity contribution in [3.05, 3.63) is 35.1 Å². The molecule has 2 nitrogen and oxygen atoms in total. The fourth-order valence-electron chi connectivity index (χ4n) is 2.21. The summed E-state index contributed by atoms with van der Waals surface area (Å²) >= 11 is 0. The van der Waals surface area contributed by atoms with Crippen LogP contribution in [0.2, 0.25) is 0 Å². The Hall–Kier alpha value is -0.930. The van der Waals surface area contributed by atoms with Crippen LogP contribution in [0.3, 0.4) is 0 Å². The van der Waals surface area contributed by atoms with Crippen LogP contribution >= 0.6 is 0 Å². The molecule has 1 atom stereocenters. The van der Waals surface area contributed by atoms with Crippen molar-refractivity contribution >= 4 is 0 Å². The molecule has 0 aromatic heterocycles. The number of halogens is 1. The summed E-state index contributed by atoms with van der Waals surface area (Å²) in [5, 5.41) is 0. The van der Waals surface area contributed by atoms with E-state index in [0.717, 1.165) is 18.4 Å². The van der Waals surface area contributed by atoms with E-state index in [2.05, 4.69) is 0 Å². The highest BCUT2D eigenvalue weighted by molar-refractivity contribution is 5.27. The highest BCUT2D eigenvalue weighted by atomic mass is 19.1. The molecule has 17 heavy (non-hydrogen) atoms. The molecule has 0 aliphatic heterocycles. The summed E-state index contributed by atoms with van der Waals surface area (Å²) in [6.45, 7) is 5.82. The first-order valence-electron chi connectivity index (χ1n) is 6.07. The van der Waals surface area contributed by atoms with Crippen molar-refractivity contribution in [2.45, 2.75) is 45.3 Å². The van der Waals surface area contributed by atoms with E-state index in [1.807, 2.05) is 19.9 Å². The Kier molecular flexibility index (Phi) is 4.66. The third kappa shape index (κ3) is 2.67. The lowest BCUT2D eigenvalue weighted by molar-refractivity contribution is -0.0386. The first kappa shape index (κ1) is 14.1. The van der Waals surface area contributed by atoms with E-state index in [9.17, 15) is 4.39 Å². The summed E-state index contributed by atoms with van der Waals surface area (Å²) in [6, 6.07) is 4.84. The average molecular weight is 239 g/mol. The molecule has 0 saturated carbocycles. The van der Waals surface area contributed by atoms with Crippen LogP contribution in [-0.2, 0) is 4.74 Å². The minimum atomic E-state index is -0.415. The number of rotatable bonds is 5. The zero-order valence-electron chi connectivity index (χ0n) is 11.1. The van der Waals surface area contributed by atoms with Gasteiger partial charge in [-0.1, -0.05) is 26.0 Å². The molecule has 0 fully saturated rings. The lowest BCUT2D eigenvalue weighted by Crippen LogP contribution is -2.42. The molecule has 1 rings (SSSR count). The van der Waals surface area contributed by atoms with Gasteiger partial charge in [-0.3, -0.25) is 0 Å². The average Bonchev–Trinajstić information content (AvgIpc) is 2.35. The summed E-state index contributed by atoms with van der Waals surface area (Å²) in [4.78, 5) is 0. The number of ether oxygens (including phenoxy) is 1. The van der Waals surface area contributed by atoms with Gasteiger partial charge in [0.05, 0.1) is 11.6 Å². The number of benzene rings is 1. The summed E-state index contributed by atoms with van der Waals surface area (Å²) in [5.74, 6) is -0.213. The maximum absolute atomic E-state index is 13.5. The van der Waals surface area contributed by atoms with E-state index in [4.69, 9.17) is 10.5 Å². The number of hydrogen-bond donors (Lipinski definition) is 1. The van der Waals surface area contributed by atoms with Crippen molar-refractivity contribution in [2.75, 3.05) is 7.11 Å². The molecular formula is C14H22FNO. The maximum Gasteiger partial charge on any atom is 0.126 e. The van der Waals surface area contributed by atoms with Crippen molar-refractivity contribution < 1.29 is 9.13 Å². The van der Waals surface area contributed by atoms with Crippen LogP contribution in [0.4, 0.5) is 4.39 Å². The predicted octanol–water partition coefficient (Wildman–Crippen LogP) is 3.34. The van der Waals surface area contributed by atoms with Gasteiger partial charge >= 0.3 is 0 Å². The van der Waals surface area contributed by atoms with Crippen LogP contribution in [0.25, 0.3) is 0 Å². The van der Waals surface area contributed by atoms with E-state index in [-0.39, 0.29) is 11.9 Å². The van der Waals surface area contributed by atoms with Crippen molar-refractivity contribution in [1.29, 1.82) is 0 Å². The SMILES string of the molecule is CCC(CC)(OC)C(N)c1ccc(C)c(F)c1. The van der Waals surface area contributed by atoms with Gasteiger partial charge in [0.2, 0.25) is 0 Å². The van der Waals surface area contributed by atoms with Crippen molar-refractivity contribution in [1.82, 2.24) is 0 Å². The van der Waals surface area contributed by atoms with Gasteiger partial charge in [-0.2, -0.15) is 0 Å². The number of nitrogens with two attached hydrogens (primary N) is 1. The van der Waals surface area contributed by atoms with Gasteiger partial charge in [-0.05, 0) is 37.0 Å². The monoisotopic (exact) mass is 239 g/mol. The minimum Gasteiger partial charge on any atom is -0.376 e. The number of aryl methyl sites for hydroxylation is 1. The largest absolute Gasteiger partial charge is 0.376 e. The van der Waals surface area contributed by atoms with Crippen LogP contribution in [-0.4, -0.2) is 12.7 Å². The maximum atomic E-state index is 13.5. The quantitative estimate of drug-likeness (QED) is 0.855. The molecule has 0 amide bonds. The third-order valence-electron chi connectivity index (χ3n) is 3.73. The molecule has 1 aromatic rings. The molecule has 0 bridgehead atoms. The number of methoxy groups -OCH3 is 1. The summed E-state index contributed by atoms with van der Waals surface area (Å²) in [6.07, 6.45) is 1.60. The lowest BCUT2D eigenvalue weighted by Gasteiger charge is -2.36. The normalized spacial score (nSPS) is 13.8. The van der Waals surface area contributed by atoms with Crippen molar-refractivity contribution in [2.24, 2.45) is 5.73 Å². The van der Waals surface area contributed by atoms with Gasteiger partial charge in [-0.15, -0.1) is 0 Å². The Labute approximate surface area is 103 Å². The molecule has 3 heteroatoms. The standard InChI is InChI=1S/C14H22FNO/c1-5-14(6-2,17-4)13(16)11-8-7-10(3)12(15)9-11/h7-9,13H,5-6,16H2,1-4H3. The summed E-state index contributed by atoms with van der Waals surface area (Å²) in [7, 11) is 1.66. The molecular weight excluding hydrogens is 217 g/mol. The second-order valence-corrected chi connectivity index (χ2v) is 4.46. The van der Waals surface area contributed by atoms with E-state index in [1.165, 1.54) is 6.07 Å². The Morgan fingerprint density at radius 1 is 1.35 bits per heavy atom. The van der Waals surface area contributed by atoms with Crippen LogP contribution in [0.15, 0.2) is 18.2 Å². The van der Waals surface area contributed by atoms with Crippen LogP contribution in [0.5, 0.6) is 0 Å². The van der Waals surface area contributed by atoms with Gasteiger partial charge in [0, 0.05) is 7.11 Å². The van der Waals surface area contributed by atoms with E-state index in [0.29, 0.717) is 5.56 Å². The van der Waals surface area contributed by atoms with Crippen LogP contribution in [0.1, 0.15) is 43.9 Å². The second kappa shape index (κ2) is 5.61. The van der Waals surface area contributed by atoms with E-state index >= 15 is 0 Å². The zero-order valence-corrected chi connectivity index (χ0v) is 11.1. The molecule has 0 spiro atoms. The fourth-order valence-corrected chi connectivity index (χ4v) is 2.21. The highest BCUT2D eigenvalue weighted by Crippen LogP contribution is 2.33. The first-order chi connectivity index (χ1) is 8.00. The van der Waals surface area contributed by atoms with Crippen molar-refractivity contribution in [3.8, 4) is 0 Å². The molecule has 0 saturated heterocycles. The van der Waals surface area contributed by atoms with Gasteiger partial charge in [-0.25, -0.2) is 4.39 Å². The summed E-state index contributed by atoms with van der Waals surface area (Å²) in [5.41, 5.74) is 7.24. The Morgan fingerprint density at radius 3 is 2.35 bits per heavy atom. The van der Waals surface area contributed by atoms with Crippen molar-refractivity contribution in [3.63, 3.8) is 0 Å².